The molecule has 2 N–H and O–H groups in total. The first-order chi connectivity index (χ1) is 14.0. The van der Waals surface area contributed by atoms with E-state index in [0.29, 0.717) is 11.4 Å². The summed E-state index contributed by atoms with van der Waals surface area (Å²) < 4.78 is 0. The van der Waals surface area contributed by atoms with Gasteiger partial charge >= 0.3 is 0 Å². The van der Waals surface area contributed by atoms with Crippen LogP contribution in [-0.4, -0.2) is 46.3 Å². The Morgan fingerprint density at radius 2 is 1.83 bits per heavy atom. The molecule has 29 heavy (non-hydrogen) atoms. The molecule has 0 unspecified atom stereocenters. The van der Waals surface area contributed by atoms with Crippen LogP contribution in [0.3, 0.4) is 0 Å². The summed E-state index contributed by atoms with van der Waals surface area (Å²) >= 11 is 6.63. The van der Waals surface area contributed by atoms with Crippen molar-refractivity contribution in [2.45, 2.75) is 12.5 Å². The van der Waals surface area contributed by atoms with E-state index in [-0.39, 0.29) is 11.5 Å². The molecule has 0 aliphatic carbocycles. The van der Waals surface area contributed by atoms with Gasteiger partial charge in [-0.1, -0.05) is 54.1 Å². The summed E-state index contributed by atoms with van der Waals surface area (Å²) in [6, 6.07) is 15.8. The average molecular weight is 431 g/mol. The lowest BCUT2D eigenvalue weighted by atomic mass is 10.1. The van der Waals surface area contributed by atoms with Gasteiger partial charge in [-0.15, -0.1) is 0 Å². The fourth-order valence-electron chi connectivity index (χ4n) is 2.82. The lowest BCUT2D eigenvalue weighted by Crippen LogP contribution is -2.45. The molecule has 1 fully saturated rings. The minimum atomic E-state index is -0.520. The van der Waals surface area contributed by atoms with E-state index < -0.39 is 29.6 Å². The number of hydrogen-bond donors (Lipinski definition) is 2. The Hall–Kier alpha value is -2.61. The number of thioether (sulfide) groups is 1. The number of amides is 3. The Kier molecular flexibility index (Phi) is 7.09. The van der Waals surface area contributed by atoms with Crippen molar-refractivity contribution < 1.29 is 19.5 Å². The van der Waals surface area contributed by atoms with Gasteiger partial charge in [0.05, 0.1) is 17.6 Å². The number of benzene rings is 2. The van der Waals surface area contributed by atoms with Crippen molar-refractivity contribution >= 4 is 46.5 Å². The second kappa shape index (κ2) is 9.73. The molecule has 6 nitrogen and oxygen atoms in total. The van der Waals surface area contributed by atoms with E-state index in [0.717, 1.165) is 27.8 Å². The summed E-state index contributed by atoms with van der Waals surface area (Å²) in [4.78, 5) is 38.2. The van der Waals surface area contributed by atoms with Crippen LogP contribution in [0.2, 0.25) is 5.02 Å². The number of aliphatic hydroxyl groups is 1. The molecule has 150 valence electrons. The molecule has 3 amide bonds. The maximum absolute atomic E-state index is 12.5. The Morgan fingerprint density at radius 1 is 1.14 bits per heavy atom. The standard InChI is InChI=1S/C21H19ClN2O4S/c22-16-8-6-15(7-9-16)11-18-20(27)24(21(28)29-18)12-19(26)23-17(13-25)10-14-4-2-1-3-5-14/h1-9,11,17,25H,10,12-13H2,(H,23,26)/t17-/m1/s1. The number of imide groups is 1. The van der Waals surface area contributed by atoms with Crippen LogP contribution in [-0.2, 0) is 16.0 Å². The molecule has 1 aliphatic heterocycles. The number of nitrogens with one attached hydrogen (secondary N) is 1. The van der Waals surface area contributed by atoms with Gasteiger partial charge in [0.1, 0.15) is 6.54 Å². The van der Waals surface area contributed by atoms with Crippen molar-refractivity contribution in [1.82, 2.24) is 10.2 Å². The van der Waals surface area contributed by atoms with Crippen molar-refractivity contribution in [3.8, 4) is 0 Å². The minimum absolute atomic E-state index is 0.244. The van der Waals surface area contributed by atoms with Crippen LogP contribution in [0.1, 0.15) is 11.1 Å². The summed E-state index contributed by atoms with van der Waals surface area (Å²) in [5.74, 6) is -1.02. The molecule has 1 aliphatic rings. The van der Waals surface area contributed by atoms with Crippen molar-refractivity contribution in [1.29, 1.82) is 0 Å². The molecule has 2 aromatic rings. The Balaban J connectivity index is 1.61. The van der Waals surface area contributed by atoms with Gasteiger partial charge in [-0.2, -0.15) is 0 Å². The number of nitrogens with zero attached hydrogens (tertiary/aromatic N) is 1. The third-order valence-corrected chi connectivity index (χ3v) is 5.41. The van der Waals surface area contributed by atoms with Crippen molar-refractivity contribution in [2.24, 2.45) is 0 Å². The van der Waals surface area contributed by atoms with E-state index >= 15 is 0 Å². The molecular formula is C21H19ClN2O4S. The lowest BCUT2D eigenvalue weighted by Gasteiger charge is -2.18. The largest absolute Gasteiger partial charge is 0.394 e. The number of rotatable bonds is 7. The van der Waals surface area contributed by atoms with Gasteiger partial charge in [0.15, 0.2) is 0 Å². The molecule has 0 bridgehead atoms. The van der Waals surface area contributed by atoms with Gasteiger partial charge in [0.25, 0.3) is 11.1 Å². The van der Waals surface area contributed by atoms with Gasteiger partial charge in [-0.3, -0.25) is 19.3 Å². The van der Waals surface area contributed by atoms with E-state index in [1.165, 1.54) is 0 Å². The van der Waals surface area contributed by atoms with E-state index in [1.54, 1.807) is 30.3 Å². The second-order valence-corrected chi connectivity index (χ2v) is 7.89. The maximum Gasteiger partial charge on any atom is 0.294 e. The van der Waals surface area contributed by atoms with Crippen LogP contribution in [0.4, 0.5) is 4.79 Å². The summed E-state index contributed by atoms with van der Waals surface area (Å²) in [5.41, 5.74) is 1.69. The zero-order chi connectivity index (χ0) is 20.8. The highest BCUT2D eigenvalue weighted by Crippen LogP contribution is 2.32. The quantitative estimate of drug-likeness (QED) is 0.659. The van der Waals surface area contributed by atoms with Crippen LogP contribution in [0.5, 0.6) is 0 Å². The van der Waals surface area contributed by atoms with Crippen molar-refractivity contribution in [3.63, 3.8) is 0 Å². The van der Waals surface area contributed by atoms with E-state index in [1.807, 2.05) is 30.3 Å². The number of aliphatic hydroxyl groups excluding tert-OH is 1. The first-order valence-corrected chi connectivity index (χ1v) is 10.1. The van der Waals surface area contributed by atoms with Crippen LogP contribution in [0.15, 0.2) is 59.5 Å². The number of carbonyl (C=O) groups excluding carboxylic acids is 3. The number of halogens is 1. The fraction of sp³-hybridized carbons (Fsp3) is 0.190. The highest BCUT2D eigenvalue weighted by molar-refractivity contribution is 8.18. The van der Waals surface area contributed by atoms with Gasteiger partial charge in [-0.05, 0) is 47.5 Å². The van der Waals surface area contributed by atoms with Crippen LogP contribution in [0, 0.1) is 0 Å². The molecule has 0 spiro atoms. The van der Waals surface area contributed by atoms with Crippen molar-refractivity contribution in [3.05, 3.63) is 75.7 Å². The Bertz CT molecular complexity index is 931. The summed E-state index contributed by atoms with van der Waals surface area (Å²) in [6.45, 7) is -0.646. The highest BCUT2D eigenvalue weighted by atomic mass is 35.5. The van der Waals surface area contributed by atoms with Gasteiger partial charge < -0.3 is 10.4 Å². The fourth-order valence-corrected chi connectivity index (χ4v) is 3.79. The lowest BCUT2D eigenvalue weighted by molar-refractivity contribution is -0.129. The van der Waals surface area contributed by atoms with Crippen LogP contribution >= 0.6 is 23.4 Å². The Morgan fingerprint density at radius 3 is 2.48 bits per heavy atom. The maximum atomic E-state index is 12.5. The van der Waals surface area contributed by atoms with E-state index in [9.17, 15) is 19.5 Å². The smallest absolute Gasteiger partial charge is 0.294 e. The molecule has 1 atom stereocenters. The Labute approximate surface area is 177 Å². The number of hydrogen-bond acceptors (Lipinski definition) is 5. The molecule has 3 rings (SSSR count). The summed E-state index contributed by atoms with van der Waals surface area (Å²) in [6.07, 6.45) is 2.03. The topological polar surface area (TPSA) is 86.7 Å². The molecular weight excluding hydrogens is 412 g/mol. The SMILES string of the molecule is O=C(CN1C(=O)SC(=Cc2ccc(Cl)cc2)C1=O)N[C@@H](CO)Cc1ccccc1. The first kappa shape index (κ1) is 21.1. The van der Waals surface area contributed by atoms with Gasteiger partial charge in [-0.25, -0.2) is 0 Å². The molecule has 8 heteroatoms. The zero-order valence-electron chi connectivity index (χ0n) is 15.4. The molecule has 0 saturated carbocycles. The molecule has 1 heterocycles. The normalized spacial score (nSPS) is 16.3. The number of carbonyl (C=O) groups is 3. The van der Waals surface area contributed by atoms with E-state index in [2.05, 4.69) is 5.32 Å². The second-order valence-electron chi connectivity index (χ2n) is 6.46. The third kappa shape index (κ3) is 5.69. The first-order valence-electron chi connectivity index (χ1n) is 8.91. The minimum Gasteiger partial charge on any atom is -0.394 e. The van der Waals surface area contributed by atoms with Gasteiger partial charge in [0.2, 0.25) is 5.91 Å². The van der Waals surface area contributed by atoms with Crippen LogP contribution in [0.25, 0.3) is 6.08 Å². The van der Waals surface area contributed by atoms with E-state index in [4.69, 9.17) is 11.6 Å². The highest BCUT2D eigenvalue weighted by Gasteiger charge is 2.36. The predicted octanol–water partition coefficient (Wildman–Crippen LogP) is 3.10. The molecule has 0 aromatic heterocycles. The van der Waals surface area contributed by atoms with Gasteiger partial charge in [0, 0.05) is 5.02 Å². The van der Waals surface area contributed by atoms with Crippen LogP contribution < -0.4 is 5.32 Å². The zero-order valence-corrected chi connectivity index (χ0v) is 16.9. The summed E-state index contributed by atoms with van der Waals surface area (Å²) in [7, 11) is 0. The van der Waals surface area contributed by atoms with Crippen molar-refractivity contribution in [2.75, 3.05) is 13.2 Å². The monoisotopic (exact) mass is 430 g/mol. The third-order valence-electron chi connectivity index (χ3n) is 4.25. The molecule has 1 saturated heterocycles. The summed E-state index contributed by atoms with van der Waals surface area (Å²) in [5, 5.41) is 12.3. The molecule has 2 aromatic carbocycles. The average Bonchev–Trinajstić information content (AvgIpc) is 2.97. The molecule has 0 radical (unpaired) electrons. The predicted molar refractivity (Wildman–Crippen MR) is 113 cm³/mol.